The lowest BCUT2D eigenvalue weighted by Crippen LogP contribution is -2.48. The van der Waals surface area contributed by atoms with Crippen molar-refractivity contribution in [2.75, 3.05) is 31.1 Å². The van der Waals surface area contributed by atoms with Crippen LogP contribution < -0.4 is 4.90 Å². The van der Waals surface area contributed by atoms with Crippen molar-refractivity contribution in [2.24, 2.45) is 4.99 Å². The van der Waals surface area contributed by atoms with Crippen LogP contribution >= 0.6 is 23.4 Å². The molecule has 0 unspecified atom stereocenters. The average molecular weight is 425 g/mol. The summed E-state index contributed by atoms with van der Waals surface area (Å²) in [7, 11) is 0. The van der Waals surface area contributed by atoms with E-state index in [2.05, 4.69) is 25.9 Å². The van der Waals surface area contributed by atoms with Crippen LogP contribution in [0.5, 0.6) is 0 Å². The number of carbonyl (C=O) groups is 1. The molecule has 1 aromatic carbocycles. The molecule has 1 saturated heterocycles. The first-order valence-electron chi connectivity index (χ1n) is 9.46. The van der Waals surface area contributed by atoms with Gasteiger partial charge < -0.3 is 9.80 Å². The Bertz CT molecular complexity index is 995. The predicted molar refractivity (Wildman–Crippen MR) is 121 cm³/mol. The Kier molecular flexibility index (Phi) is 6.02. The summed E-state index contributed by atoms with van der Waals surface area (Å²) in [6, 6.07) is 13.8. The number of anilines is 1. The van der Waals surface area contributed by atoms with Crippen molar-refractivity contribution in [1.82, 2.24) is 9.88 Å². The van der Waals surface area contributed by atoms with Crippen LogP contribution in [0.2, 0.25) is 5.02 Å². The van der Waals surface area contributed by atoms with Gasteiger partial charge in [-0.3, -0.25) is 4.79 Å². The Morgan fingerprint density at radius 1 is 1.07 bits per heavy atom. The maximum Gasteiger partial charge on any atom is 0.286 e. The van der Waals surface area contributed by atoms with Crippen molar-refractivity contribution in [3.05, 3.63) is 75.8 Å². The van der Waals surface area contributed by atoms with Crippen molar-refractivity contribution in [3.63, 3.8) is 0 Å². The van der Waals surface area contributed by atoms with Crippen LogP contribution in [0, 0.1) is 0 Å². The quantitative estimate of drug-likeness (QED) is 0.680. The minimum atomic E-state index is -0.166. The number of thioether (sulfide) groups is 1. The smallest absolute Gasteiger partial charge is 0.286 e. The molecule has 0 N–H and O–H groups in total. The van der Waals surface area contributed by atoms with Crippen molar-refractivity contribution in [2.45, 2.75) is 6.92 Å². The summed E-state index contributed by atoms with van der Waals surface area (Å²) < 4.78 is 0. The summed E-state index contributed by atoms with van der Waals surface area (Å²) in [4.78, 5) is 26.0. The van der Waals surface area contributed by atoms with Gasteiger partial charge in [-0.25, -0.2) is 4.98 Å². The number of hydrogen-bond acceptors (Lipinski definition) is 5. The molecule has 1 aromatic heterocycles. The van der Waals surface area contributed by atoms with Crippen LogP contribution in [-0.4, -0.2) is 47.1 Å². The number of amides is 1. The molecule has 7 heteroatoms. The Hall–Kier alpha value is -2.57. The van der Waals surface area contributed by atoms with Gasteiger partial charge in [-0.15, -0.1) is 0 Å². The van der Waals surface area contributed by atoms with E-state index in [9.17, 15) is 4.79 Å². The van der Waals surface area contributed by atoms with E-state index in [1.807, 2.05) is 55.5 Å². The molecule has 5 nitrogen and oxygen atoms in total. The van der Waals surface area contributed by atoms with Crippen LogP contribution in [-0.2, 0) is 4.79 Å². The molecule has 0 radical (unpaired) electrons. The zero-order valence-corrected chi connectivity index (χ0v) is 17.7. The normalized spacial score (nSPS) is 19.1. The van der Waals surface area contributed by atoms with E-state index < -0.39 is 0 Å². The van der Waals surface area contributed by atoms with Crippen LogP contribution in [0.3, 0.4) is 0 Å². The highest BCUT2D eigenvalue weighted by Gasteiger charge is 2.29. The minimum Gasteiger partial charge on any atom is -0.352 e. The fourth-order valence-corrected chi connectivity index (χ4v) is 4.57. The van der Waals surface area contributed by atoms with Gasteiger partial charge in [-0.1, -0.05) is 48.0 Å². The monoisotopic (exact) mass is 424 g/mol. The highest BCUT2D eigenvalue weighted by Crippen LogP contribution is 2.31. The van der Waals surface area contributed by atoms with Gasteiger partial charge in [0.15, 0.2) is 5.17 Å². The number of allylic oxidation sites excluding steroid dienone is 2. The molecular formula is C22H21ClN4OS. The first-order valence-corrected chi connectivity index (χ1v) is 10.7. The third-order valence-electron chi connectivity index (χ3n) is 4.75. The van der Waals surface area contributed by atoms with E-state index in [-0.39, 0.29) is 5.91 Å². The zero-order valence-electron chi connectivity index (χ0n) is 16.1. The average Bonchev–Trinajstić information content (AvgIpc) is 3.09. The number of aliphatic imine (C=N–C) groups is 1. The number of piperazine rings is 1. The van der Waals surface area contributed by atoms with Crippen LogP contribution in [0.25, 0.3) is 6.08 Å². The van der Waals surface area contributed by atoms with Crippen molar-refractivity contribution < 1.29 is 4.79 Å². The topological polar surface area (TPSA) is 48.8 Å². The van der Waals surface area contributed by atoms with E-state index in [1.54, 1.807) is 6.20 Å². The fourth-order valence-electron chi connectivity index (χ4n) is 3.31. The first kappa shape index (κ1) is 19.7. The van der Waals surface area contributed by atoms with Gasteiger partial charge in [-0.05, 0) is 48.0 Å². The largest absolute Gasteiger partial charge is 0.352 e. The van der Waals surface area contributed by atoms with Gasteiger partial charge in [0, 0.05) is 32.4 Å². The number of pyridine rings is 1. The Morgan fingerprint density at radius 2 is 1.79 bits per heavy atom. The maximum atomic E-state index is 12.4. The Balaban J connectivity index is 1.39. The van der Waals surface area contributed by atoms with Crippen LogP contribution in [0.15, 0.2) is 70.2 Å². The Morgan fingerprint density at radius 3 is 2.52 bits per heavy atom. The summed E-state index contributed by atoms with van der Waals surface area (Å²) in [6.45, 7) is 5.13. The predicted octanol–water partition coefficient (Wildman–Crippen LogP) is 4.47. The molecule has 2 aromatic rings. The molecule has 0 aliphatic carbocycles. The molecule has 2 aliphatic heterocycles. The molecule has 1 amide bonds. The van der Waals surface area contributed by atoms with Gasteiger partial charge in [0.1, 0.15) is 5.82 Å². The number of aromatic nitrogens is 1. The number of amidine groups is 1. The lowest BCUT2D eigenvalue weighted by Gasteiger charge is -2.36. The molecular weight excluding hydrogens is 404 g/mol. The second-order valence-corrected chi connectivity index (χ2v) is 8.31. The maximum absolute atomic E-state index is 12.4. The first-order chi connectivity index (χ1) is 14.1. The molecule has 0 atom stereocenters. The van der Waals surface area contributed by atoms with Crippen molar-refractivity contribution in [3.8, 4) is 0 Å². The number of hydrogen-bond donors (Lipinski definition) is 0. The second-order valence-electron chi connectivity index (χ2n) is 6.89. The third-order valence-corrected chi connectivity index (χ3v) is 6.09. The summed E-state index contributed by atoms with van der Waals surface area (Å²) in [5.41, 5.74) is 2.14. The van der Waals surface area contributed by atoms with Crippen molar-refractivity contribution in [1.29, 1.82) is 0 Å². The fraction of sp³-hybridized carbons (Fsp3) is 0.227. The van der Waals surface area contributed by atoms with Gasteiger partial charge in [0.05, 0.1) is 9.93 Å². The van der Waals surface area contributed by atoms with E-state index in [0.29, 0.717) is 9.93 Å². The van der Waals surface area contributed by atoms with Gasteiger partial charge in [0.2, 0.25) is 0 Å². The molecule has 148 valence electrons. The lowest BCUT2D eigenvalue weighted by atomic mass is 10.1. The zero-order chi connectivity index (χ0) is 20.2. The minimum absolute atomic E-state index is 0.166. The summed E-state index contributed by atoms with van der Waals surface area (Å²) in [5, 5.41) is 1.44. The lowest BCUT2D eigenvalue weighted by molar-refractivity contribution is -0.113. The molecule has 0 saturated carbocycles. The summed E-state index contributed by atoms with van der Waals surface area (Å²) in [6.07, 6.45) is 5.74. The molecule has 2 aliphatic rings. The molecule has 1 fully saturated rings. The van der Waals surface area contributed by atoms with Crippen molar-refractivity contribution >= 4 is 46.3 Å². The molecule has 4 rings (SSSR count). The molecule has 0 spiro atoms. The SMILES string of the molecule is CC(=C\c1ccccc1)/C=C1/SC(N2CCN(c3ncccc3Cl)CC2)=NC1=O. The number of halogens is 1. The summed E-state index contributed by atoms with van der Waals surface area (Å²) in [5.74, 6) is 0.647. The number of benzene rings is 1. The standard InChI is InChI=1S/C22H21ClN4OS/c1-16(14-17-6-3-2-4-7-17)15-19-21(28)25-22(29-19)27-12-10-26(11-13-27)20-18(23)8-5-9-24-20/h2-9,14-15H,10-13H2,1H3/b16-14+,19-15+. The number of rotatable bonds is 3. The number of nitrogens with zero attached hydrogens (tertiary/aromatic N) is 4. The summed E-state index contributed by atoms with van der Waals surface area (Å²) >= 11 is 7.71. The van der Waals surface area contributed by atoms with E-state index in [1.165, 1.54) is 11.8 Å². The van der Waals surface area contributed by atoms with E-state index in [4.69, 9.17) is 11.6 Å². The van der Waals surface area contributed by atoms with Gasteiger partial charge in [-0.2, -0.15) is 4.99 Å². The van der Waals surface area contributed by atoms with Gasteiger partial charge in [0.25, 0.3) is 5.91 Å². The second kappa shape index (κ2) is 8.84. The van der Waals surface area contributed by atoms with E-state index in [0.717, 1.165) is 48.3 Å². The molecule has 0 bridgehead atoms. The highest BCUT2D eigenvalue weighted by molar-refractivity contribution is 8.18. The van der Waals surface area contributed by atoms with E-state index >= 15 is 0 Å². The Labute approximate surface area is 179 Å². The number of carbonyl (C=O) groups excluding carboxylic acids is 1. The molecule has 3 heterocycles. The van der Waals surface area contributed by atoms with Crippen LogP contribution in [0.1, 0.15) is 12.5 Å². The third kappa shape index (κ3) is 4.71. The highest BCUT2D eigenvalue weighted by atomic mass is 35.5. The molecule has 29 heavy (non-hydrogen) atoms. The van der Waals surface area contributed by atoms with Crippen LogP contribution in [0.4, 0.5) is 5.82 Å². The van der Waals surface area contributed by atoms with Gasteiger partial charge >= 0.3 is 0 Å².